The minimum Gasteiger partial charge on any atom is -0.362 e. The van der Waals surface area contributed by atoms with E-state index in [0.29, 0.717) is 0 Å². The van der Waals surface area contributed by atoms with Gasteiger partial charge >= 0.3 is 0 Å². The van der Waals surface area contributed by atoms with Gasteiger partial charge in [0.2, 0.25) is 0 Å². The summed E-state index contributed by atoms with van der Waals surface area (Å²) >= 11 is 0. The maximum absolute atomic E-state index is 4.28. The number of nitrogens with zero attached hydrogens (tertiary/aromatic N) is 1. The summed E-state index contributed by atoms with van der Waals surface area (Å²) in [5.41, 5.74) is 6.51. The summed E-state index contributed by atoms with van der Waals surface area (Å²) in [6.07, 6.45) is 20.1. The smallest absolute Gasteiger partial charge is 0.0533 e. The first kappa shape index (κ1) is 21.2. The average molecular weight is 395 g/mol. The highest BCUT2D eigenvalue weighted by Gasteiger charge is 2.14. The first-order valence-corrected chi connectivity index (χ1v) is 10.4. The highest BCUT2D eigenvalue weighted by molar-refractivity contribution is 5.86. The predicted octanol–water partition coefficient (Wildman–Crippen LogP) is 7.57. The molecule has 152 valence electrons. The van der Waals surface area contributed by atoms with Gasteiger partial charge in [-0.25, -0.2) is 0 Å². The normalized spacial score (nSPS) is 17.8. The number of hydrogen-bond donors (Lipinski definition) is 1. The van der Waals surface area contributed by atoms with E-state index in [1.807, 2.05) is 30.5 Å². The van der Waals surface area contributed by atoms with Gasteiger partial charge in [0.15, 0.2) is 0 Å². The van der Waals surface area contributed by atoms with E-state index in [-0.39, 0.29) is 0 Å². The van der Waals surface area contributed by atoms with E-state index in [9.17, 15) is 0 Å². The van der Waals surface area contributed by atoms with Crippen LogP contribution in [0.2, 0.25) is 0 Å². The quantitative estimate of drug-likeness (QED) is 0.526. The largest absolute Gasteiger partial charge is 0.362 e. The molecule has 4 rings (SSSR count). The van der Waals surface area contributed by atoms with E-state index in [1.165, 1.54) is 24.8 Å². The average Bonchev–Trinajstić information content (AvgIpc) is 3.63. The Bertz CT molecular complexity index is 983. The molecule has 1 aliphatic heterocycles. The molecule has 2 aromatic rings. The maximum atomic E-state index is 4.28. The summed E-state index contributed by atoms with van der Waals surface area (Å²) in [7, 11) is 0. The Morgan fingerprint density at radius 2 is 1.67 bits per heavy atom. The molecule has 0 aromatic heterocycles. The predicted molar refractivity (Wildman–Crippen MR) is 131 cm³/mol. The van der Waals surface area contributed by atoms with E-state index in [4.69, 9.17) is 0 Å². The van der Waals surface area contributed by atoms with Gasteiger partial charge in [-0.3, -0.25) is 0 Å². The molecular formula is C28H30N2. The molecule has 1 N–H and O–H groups in total. The van der Waals surface area contributed by atoms with Crippen molar-refractivity contribution in [3.63, 3.8) is 0 Å². The summed E-state index contributed by atoms with van der Waals surface area (Å²) in [5.74, 6) is 0. The van der Waals surface area contributed by atoms with Crippen molar-refractivity contribution in [3.8, 4) is 0 Å². The zero-order chi connectivity index (χ0) is 21.2. The van der Waals surface area contributed by atoms with Crippen LogP contribution in [0.1, 0.15) is 30.4 Å². The highest BCUT2D eigenvalue weighted by Crippen LogP contribution is 2.34. The lowest BCUT2D eigenvalue weighted by Crippen LogP contribution is -2.14. The van der Waals surface area contributed by atoms with Crippen LogP contribution >= 0.6 is 0 Å². The summed E-state index contributed by atoms with van der Waals surface area (Å²) in [6.45, 7) is 10.0. The van der Waals surface area contributed by atoms with Gasteiger partial charge < -0.3 is 10.2 Å². The third kappa shape index (κ3) is 6.25. The van der Waals surface area contributed by atoms with Crippen LogP contribution in [0.25, 0.3) is 5.57 Å². The van der Waals surface area contributed by atoms with Crippen LogP contribution in [0.15, 0.2) is 116 Å². The van der Waals surface area contributed by atoms with Crippen LogP contribution in [-0.2, 0) is 0 Å². The van der Waals surface area contributed by atoms with E-state index in [0.717, 1.165) is 28.2 Å². The standard InChI is InChI=1S/C25H24N2.C3H6/c1-4-5-6-9-17-26-22-16-18-27(23-14-12-20(2)13-15-23)25-11-8-7-10-24(25)21(3)19-22;1-2-3-1/h4-19,26H,1,3H2,2H3;1-3H2/b6-5-,17-9-,18-16-,22-19+;. The van der Waals surface area contributed by atoms with Crippen molar-refractivity contribution in [1.29, 1.82) is 0 Å². The van der Waals surface area contributed by atoms with Crippen molar-refractivity contribution in [1.82, 2.24) is 5.32 Å². The number of anilines is 2. The van der Waals surface area contributed by atoms with Gasteiger partial charge in [-0.2, -0.15) is 0 Å². The Morgan fingerprint density at radius 3 is 2.37 bits per heavy atom. The summed E-state index contributed by atoms with van der Waals surface area (Å²) < 4.78 is 0. The topological polar surface area (TPSA) is 15.3 Å². The Kier molecular flexibility index (Phi) is 7.68. The van der Waals surface area contributed by atoms with Gasteiger partial charge in [-0.15, -0.1) is 0 Å². The molecule has 30 heavy (non-hydrogen) atoms. The molecule has 0 amide bonds. The second-order valence-electron chi connectivity index (χ2n) is 7.35. The lowest BCUT2D eigenvalue weighted by Gasteiger charge is -2.26. The molecule has 2 heteroatoms. The van der Waals surface area contributed by atoms with E-state index >= 15 is 0 Å². The van der Waals surface area contributed by atoms with Crippen LogP contribution in [0.5, 0.6) is 0 Å². The molecule has 2 aromatic carbocycles. The highest BCUT2D eigenvalue weighted by atomic mass is 15.1. The number of aryl methyl sites for hydroxylation is 1. The SMILES string of the molecule is C1CC1.C=C/C=C\C=C/NC1=C/C(=C)c2ccccc2N(c2ccc(C)cc2)/C=C\1. The van der Waals surface area contributed by atoms with Crippen molar-refractivity contribution in [2.75, 3.05) is 4.90 Å². The molecule has 0 atom stereocenters. The zero-order valence-electron chi connectivity index (χ0n) is 17.7. The van der Waals surface area contributed by atoms with Crippen LogP contribution < -0.4 is 10.2 Å². The molecule has 0 bridgehead atoms. The van der Waals surface area contributed by atoms with E-state index in [2.05, 4.69) is 91.1 Å². The van der Waals surface area contributed by atoms with Crippen LogP contribution in [0.3, 0.4) is 0 Å². The molecule has 2 nitrogen and oxygen atoms in total. The molecular weight excluding hydrogens is 364 g/mol. The molecule has 0 unspecified atom stereocenters. The van der Waals surface area contributed by atoms with Crippen LogP contribution in [0.4, 0.5) is 11.4 Å². The van der Waals surface area contributed by atoms with E-state index in [1.54, 1.807) is 6.08 Å². The molecule has 0 radical (unpaired) electrons. The second-order valence-corrected chi connectivity index (χ2v) is 7.35. The van der Waals surface area contributed by atoms with Gasteiger partial charge in [0.05, 0.1) is 5.69 Å². The molecule has 0 saturated heterocycles. The minimum absolute atomic E-state index is 0.963. The zero-order valence-corrected chi connectivity index (χ0v) is 17.7. The van der Waals surface area contributed by atoms with Crippen molar-refractivity contribution >= 4 is 16.9 Å². The Morgan fingerprint density at radius 1 is 0.933 bits per heavy atom. The monoisotopic (exact) mass is 394 g/mol. The molecule has 1 heterocycles. The fourth-order valence-corrected chi connectivity index (χ4v) is 2.87. The van der Waals surface area contributed by atoms with Crippen LogP contribution in [0, 0.1) is 6.92 Å². The van der Waals surface area contributed by atoms with Crippen molar-refractivity contribution in [2.45, 2.75) is 26.2 Å². The lowest BCUT2D eigenvalue weighted by molar-refractivity contribution is 1.10. The van der Waals surface area contributed by atoms with Crippen molar-refractivity contribution in [2.24, 2.45) is 0 Å². The molecule has 1 saturated carbocycles. The summed E-state index contributed by atoms with van der Waals surface area (Å²) in [6, 6.07) is 16.9. The van der Waals surface area contributed by atoms with Gasteiger partial charge in [-0.1, -0.05) is 86.5 Å². The third-order valence-corrected chi connectivity index (χ3v) is 4.61. The molecule has 2 aliphatic rings. The molecule has 1 fully saturated rings. The maximum Gasteiger partial charge on any atom is 0.0533 e. The Hall–Kier alpha value is -3.52. The second kappa shape index (κ2) is 10.9. The summed E-state index contributed by atoms with van der Waals surface area (Å²) in [4.78, 5) is 2.19. The van der Waals surface area contributed by atoms with Crippen molar-refractivity contribution < 1.29 is 0 Å². The minimum atomic E-state index is 0.963. The number of para-hydroxylation sites is 1. The fourth-order valence-electron chi connectivity index (χ4n) is 2.87. The summed E-state index contributed by atoms with van der Waals surface area (Å²) in [5, 5.41) is 3.31. The number of fused-ring (bicyclic) bond motifs is 1. The fraction of sp³-hybridized carbons (Fsp3) is 0.143. The molecule has 1 aliphatic carbocycles. The Labute approximate surface area is 180 Å². The first-order valence-electron chi connectivity index (χ1n) is 10.4. The Balaban J connectivity index is 0.000000782. The van der Waals surface area contributed by atoms with Gasteiger partial charge in [0.1, 0.15) is 0 Å². The van der Waals surface area contributed by atoms with Crippen LogP contribution in [-0.4, -0.2) is 0 Å². The number of nitrogens with one attached hydrogen (secondary N) is 1. The third-order valence-electron chi connectivity index (χ3n) is 4.61. The van der Waals surface area contributed by atoms with Gasteiger partial charge in [0.25, 0.3) is 0 Å². The number of hydrogen-bond acceptors (Lipinski definition) is 2. The number of benzene rings is 2. The van der Waals surface area contributed by atoms with E-state index < -0.39 is 0 Å². The van der Waals surface area contributed by atoms with Gasteiger partial charge in [-0.05, 0) is 48.9 Å². The van der Waals surface area contributed by atoms with Gasteiger partial charge in [0, 0.05) is 29.3 Å². The van der Waals surface area contributed by atoms with Crippen molar-refractivity contribution in [3.05, 3.63) is 127 Å². The number of allylic oxidation sites excluding steroid dienone is 7. The molecule has 0 spiro atoms. The first-order chi connectivity index (χ1) is 14.7. The number of rotatable bonds is 5. The lowest BCUT2D eigenvalue weighted by atomic mass is 10.0.